The maximum Gasteiger partial charge on any atom is 0.160 e. The summed E-state index contributed by atoms with van der Waals surface area (Å²) < 4.78 is 4.93. The van der Waals surface area contributed by atoms with Crippen LogP contribution < -0.4 is 10.6 Å². The van der Waals surface area contributed by atoms with Crippen LogP contribution in [0.25, 0.3) is 60.1 Å². The van der Waals surface area contributed by atoms with Crippen molar-refractivity contribution in [2.75, 3.05) is 5.32 Å². The molecule has 4 heteroatoms. The van der Waals surface area contributed by atoms with Crippen molar-refractivity contribution in [3.63, 3.8) is 0 Å². The van der Waals surface area contributed by atoms with E-state index >= 15 is 0 Å². The summed E-state index contributed by atoms with van der Waals surface area (Å²) in [4.78, 5) is 0. The van der Waals surface area contributed by atoms with E-state index in [-0.39, 0.29) is 12.3 Å². The third-order valence-electron chi connectivity index (χ3n) is 10.1. The number of nitrogens with zero attached hydrogens (tertiary/aromatic N) is 2. The number of hydrogen-bond donors (Lipinski definition) is 2. The Kier molecular flexibility index (Phi) is 5.57. The number of fused-ring (bicyclic) bond motifs is 9. The van der Waals surface area contributed by atoms with Crippen LogP contribution in [0.5, 0.6) is 0 Å². The summed E-state index contributed by atoms with van der Waals surface area (Å²) in [5.41, 5.74) is 9.94. The molecule has 6 aromatic carbocycles. The Hall–Kier alpha value is -5.58. The normalized spacial score (nSPS) is 18.0. The molecular formula is C42H32N4. The summed E-state index contributed by atoms with van der Waals surface area (Å²) in [6, 6.07) is 46.7. The zero-order valence-corrected chi connectivity index (χ0v) is 25.3. The van der Waals surface area contributed by atoms with Crippen LogP contribution in [-0.2, 0) is 0 Å². The molecule has 3 heterocycles. The maximum absolute atomic E-state index is 4.05. The second-order valence-corrected chi connectivity index (χ2v) is 12.6. The molecule has 220 valence electrons. The van der Waals surface area contributed by atoms with Crippen molar-refractivity contribution in [1.82, 2.24) is 14.5 Å². The molecule has 10 rings (SSSR count). The van der Waals surface area contributed by atoms with E-state index in [0.29, 0.717) is 0 Å². The molecule has 4 nitrogen and oxygen atoms in total. The van der Waals surface area contributed by atoms with Gasteiger partial charge in [-0.05, 0) is 77.2 Å². The molecule has 0 fully saturated rings. The first-order valence-electron chi connectivity index (χ1n) is 16.2. The number of hydrogen-bond acceptors (Lipinski definition) is 2. The Labute approximate surface area is 266 Å². The number of aromatic nitrogens is 2. The van der Waals surface area contributed by atoms with Crippen LogP contribution in [0.1, 0.15) is 30.7 Å². The van der Waals surface area contributed by atoms with Crippen LogP contribution in [0.4, 0.5) is 5.69 Å². The molecule has 0 amide bonds. The lowest BCUT2D eigenvalue weighted by atomic mass is 9.90. The van der Waals surface area contributed by atoms with Crippen LogP contribution in [-0.4, -0.2) is 9.13 Å². The van der Waals surface area contributed by atoms with Gasteiger partial charge in [0.05, 0.1) is 28.1 Å². The number of rotatable bonds is 3. The number of anilines is 1. The van der Waals surface area contributed by atoms with Gasteiger partial charge in [0.15, 0.2) is 6.29 Å². The molecule has 0 bridgehead atoms. The van der Waals surface area contributed by atoms with E-state index in [2.05, 4.69) is 165 Å². The molecule has 2 aliphatic rings. The molecule has 0 saturated carbocycles. The minimum atomic E-state index is -0.137. The Balaban J connectivity index is 1.29. The van der Waals surface area contributed by atoms with Gasteiger partial charge in [0.2, 0.25) is 0 Å². The number of benzene rings is 6. The molecule has 46 heavy (non-hydrogen) atoms. The van der Waals surface area contributed by atoms with Crippen molar-refractivity contribution in [3.05, 3.63) is 157 Å². The van der Waals surface area contributed by atoms with E-state index in [9.17, 15) is 0 Å². The highest BCUT2D eigenvalue weighted by molar-refractivity contribution is 6.25. The van der Waals surface area contributed by atoms with Gasteiger partial charge in [-0.1, -0.05) is 103 Å². The van der Waals surface area contributed by atoms with Crippen molar-refractivity contribution in [2.24, 2.45) is 0 Å². The topological polar surface area (TPSA) is 33.9 Å². The monoisotopic (exact) mass is 592 g/mol. The van der Waals surface area contributed by atoms with Gasteiger partial charge in [0.25, 0.3) is 0 Å². The molecule has 0 saturated heterocycles. The summed E-state index contributed by atoms with van der Waals surface area (Å²) >= 11 is 0. The highest BCUT2D eigenvalue weighted by Crippen LogP contribution is 2.44. The van der Waals surface area contributed by atoms with Gasteiger partial charge in [-0.15, -0.1) is 0 Å². The van der Waals surface area contributed by atoms with Gasteiger partial charge in [0.1, 0.15) is 0 Å². The fourth-order valence-electron chi connectivity index (χ4n) is 8.04. The molecule has 2 N–H and O–H groups in total. The summed E-state index contributed by atoms with van der Waals surface area (Å²) in [7, 11) is 0. The first kappa shape index (κ1) is 25.7. The van der Waals surface area contributed by atoms with E-state index in [1.807, 2.05) is 0 Å². The molecule has 8 aromatic rings. The van der Waals surface area contributed by atoms with Gasteiger partial charge in [-0.2, -0.15) is 0 Å². The maximum atomic E-state index is 4.05. The SMILES string of the molecule is C1=CCCC(C2NC(n3c4ccccc4c4cc5c6c7ccccc7ccc6n(-c6ccccc6)c5cc43)Nc3ccccc32)=C1. The predicted molar refractivity (Wildman–Crippen MR) is 193 cm³/mol. The Morgan fingerprint density at radius 1 is 0.609 bits per heavy atom. The molecule has 0 radical (unpaired) electrons. The zero-order chi connectivity index (χ0) is 30.2. The predicted octanol–water partition coefficient (Wildman–Crippen LogP) is 10.5. The number of nitrogens with one attached hydrogen (secondary N) is 2. The van der Waals surface area contributed by atoms with Crippen molar-refractivity contribution in [2.45, 2.75) is 25.2 Å². The molecule has 1 aliphatic heterocycles. The van der Waals surface area contributed by atoms with Crippen LogP contribution in [0.15, 0.2) is 151 Å². The van der Waals surface area contributed by atoms with Crippen LogP contribution in [0, 0.1) is 0 Å². The molecular weight excluding hydrogens is 560 g/mol. The lowest BCUT2D eigenvalue weighted by Gasteiger charge is -2.37. The first-order chi connectivity index (χ1) is 22.8. The van der Waals surface area contributed by atoms with E-state index in [4.69, 9.17) is 0 Å². The Morgan fingerprint density at radius 2 is 1.41 bits per heavy atom. The fourth-order valence-corrected chi connectivity index (χ4v) is 8.04. The van der Waals surface area contributed by atoms with Crippen molar-refractivity contribution < 1.29 is 0 Å². The van der Waals surface area contributed by atoms with E-state index in [1.54, 1.807) is 0 Å². The zero-order valence-electron chi connectivity index (χ0n) is 25.3. The van der Waals surface area contributed by atoms with Crippen molar-refractivity contribution in [3.8, 4) is 5.69 Å². The highest BCUT2D eigenvalue weighted by atomic mass is 15.3. The number of allylic oxidation sites excluding steroid dienone is 3. The van der Waals surface area contributed by atoms with E-state index in [0.717, 1.165) is 12.8 Å². The minimum Gasteiger partial charge on any atom is -0.352 e. The second-order valence-electron chi connectivity index (χ2n) is 12.6. The minimum absolute atomic E-state index is 0.134. The van der Waals surface area contributed by atoms with Crippen LogP contribution >= 0.6 is 0 Å². The van der Waals surface area contributed by atoms with E-state index in [1.165, 1.54) is 76.9 Å². The average Bonchev–Trinajstić information content (AvgIpc) is 3.63. The lowest BCUT2D eigenvalue weighted by molar-refractivity contribution is 0.407. The largest absolute Gasteiger partial charge is 0.352 e. The average molecular weight is 593 g/mol. The first-order valence-corrected chi connectivity index (χ1v) is 16.2. The van der Waals surface area contributed by atoms with Crippen molar-refractivity contribution >= 4 is 60.1 Å². The van der Waals surface area contributed by atoms with Gasteiger partial charge in [-0.25, -0.2) is 0 Å². The van der Waals surface area contributed by atoms with E-state index < -0.39 is 0 Å². The lowest BCUT2D eigenvalue weighted by Crippen LogP contribution is -2.41. The van der Waals surface area contributed by atoms with Gasteiger partial charge < -0.3 is 14.5 Å². The quantitative estimate of drug-likeness (QED) is 0.214. The summed E-state index contributed by atoms with van der Waals surface area (Å²) in [6.07, 6.45) is 8.79. The smallest absolute Gasteiger partial charge is 0.160 e. The summed E-state index contributed by atoms with van der Waals surface area (Å²) in [5.74, 6) is 0. The fraction of sp³-hybridized carbons (Fsp3) is 0.0952. The highest BCUT2D eigenvalue weighted by Gasteiger charge is 2.31. The third kappa shape index (κ3) is 3.71. The second kappa shape index (κ2) is 9.96. The molecule has 2 unspecified atom stereocenters. The number of para-hydroxylation sites is 3. The van der Waals surface area contributed by atoms with Crippen LogP contribution in [0.3, 0.4) is 0 Å². The molecule has 2 aromatic heterocycles. The van der Waals surface area contributed by atoms with Gasteiger partial charge in [-0.3, -0.25) is 5.32 Å². The Bertz CT molecular complexity index is 2550. The van der Waals surface area contributed by atoms with Gasteiger partial charge in [0, 0.05) is 32.9 Å². The summed E-state index contributed by atoms with van der Waals surface area (Å²) in [5, 5.41) is 15.6. The Morgan fingerprint density at radius 3 is 2.30 bits per heavy atom. The summed E-state index contributed by atoms with van der Waals surface area (Å²) in [6.45, 7) is 0. The van der Waals surface area contributed by atoms with Crippen molar-refractivity contribution in [1.29, 1.82) is 0 Å². The molecule has 2 atom stereocenters. The molecule has 1 aliphatic carbocycles. The third-order valence-corrected chi connectivity index (χ3v) is 10.1. The molecule has 0 spiro atoms. The van der Waals surface area contributed by atoms with Gasteiger partial charge >= 0.3 is 0 Å². The standard InChI is InChI=1S/C42H32N4/c1-3-14-28(15-4-1)41-32-20-9-11-21-35(32)43-42(44-41)46-36-22-12-10-19-31(36)33-25-34-39(26-38(33)46)45(29-16-5-2-6-17-29)37-24-23-27-13-7-8-18-30(27)40(34)37/h1-3,5-14,16-26,41-44H,4,15H2. The van der Waals surface area contributed by atoms with Crippen LogP contribution in [0.2, 0.25) is 0 Å².